The molecule has 4 rings (SSSR count). The van der Waals surface area contributed by atoms with Crippen molar-refractivity contribution in [3.05, 3.63) is 40.2 Å². The summed E-state index contributed by atoms with van der Waals surface area (Å²) in [6.07, 6.45) is 1.83. The van der Waals surface area contributed by atoms with Crippen LogP contribution >= 0.6 is 34.3 Å². The van der Waals surface area contributed by atoms with Crippen molar-refractivity contribution in [1.82, 2.24) is 14.2 Å². The number of hydrogen-bond donors (Lipinski definition) is 0. The number of benzene rings is 1. The third-order valence-electron chi connectivity index (χ3n) is 6.02. The molecule has 0 aliphatic carbocycles. The molecule has 0 unspecified atom stereocenters. The molecule has 7 nitrogen and oxygen atoms in total. The van der Waals surface area contributed by atoms with E-state index in [4.69, 9.17) is 16.6 Å². The highest BCUT2D eigenvalue weighted by molar-refractivity contribution is 7.91. The van der Waals surface area contributed by atoms with Gasteiger partial charge in [-0.15, -0.1) is 11.3 Å². The number of piperidine rings is 1. The van der Waals surface area contributed by atoms with Crippen LogP contribution in [0, 0.1) is 12.8 Å². The topological polar surface area (TPSA) is 73.8 Å². The lowest BCUT2D eigenvalue weighted by atomic mass is 9.96. The van der Waals surface area contributed by atoms with Gasteiger partial charge < -0.3 is 4.90 Å². The number of aromatic nitrogens is 1. The van der Waals surface area contributed by atoms with Crippen LogP contribution in [-0.2, 0) is 14.8 Å². The number of sulfonamides is 1. The van der Waals surface area contributed by atoms with Crippen LogP contribution in [0.25, 0.3) is 10.2 Å². The Morgan fingerprint density at radius 1 is 1.24 bits per heavy atom. The molecule has 1 fully saturated rings. The zero-order chi connectivity index (χ0) is 24.5. The third kappa shape index (κ3) is 5.47. The van der Waals surface area contributed by atoms with Gasteiger partial charge in [-0.2, -0.15) is 4.31 Å². The van der Waals surface area contributed by atoms with Gasteiger partial charge >= 0.3 is 0 Å². The summed E-state index contributed by atoms with van der Waals surface area (Å²) in [7, 11) is 0.534. The fourth-order valence-corrected chi connectivity index (χ4v) is 8.27. The van der Waals surface area contributed by atoms with Crippen molar-refractivity contribution in [3.63, 3.8) is 0 Å². The Bertz CT molecular complexity index is 1250. The molecule has 2 aromatic heterocycles. The van der Waals surface area contributed by atoms with Crippen LogP contribution < -0.4 is 4.90 Å². The number of fused-ring (bicyclic) bond motifs is 1. The van der Waals surface area contributed by atoms with E-state index in [0.29, 0.717) is 46.8 Å². The number of nitrogens with zero attached hydrogens (tertiary/aromatic N) is 4. The molecular weight excluding hydrogens is 512 g/mol. The zero-order valence-electron chi connectivity index (χ0n) is 19.5. The summed E-state index contributed by atoms with van der Waals surface area (Å²) < 4.78 is 28.5. The minimum absolute atomic E-state index is 0.0229. The highest BCUT2D eigenvalue weighted by Gasteiger charge is 2.35. The van der Waals surface area contributed by atoms with E-state index in [1.165, 1.54) is 27.0 Å². The standard InChI is InChI=1S/C23H29ClN4O3S3/c1-16-14-18(24)15-19-21(16)25-23(33-19)28(10-5-9-26(2)3)22(29)17-7-11-27(12-8-17)34(30,31)20-6-4-13-32-20/h4,6,13-15,17H,5,7-12H2,1-3H3. The van der Waals surface area contributed by atoms with Gasteiger partial charge in [-0.05, 0) is 76.0 Å². The minimum Gasteiger partial charge on any atom is -0.309 e. The average molecular weight is 541 g/mol. The van der Waals surface area contributed by atoms with Crippen LogP contribution in [0.3, 0.4) is 0 Å². The number of hydrogen-bond acceptors (Lipinski definition) is 7. The summed E-state index contributed by atoms with van der Waals surface area (Å²) in [4.78, 5) is 22.4. The average Bonchev–Trinajstić information content (AvgIpc) is 3.47. The maximum Gasteiger partial charge on any atom is 0.252 e. The number of aryl methyl sites for hydroxylation is 1. The van der Waals surface area contributed by atoms with E-state index in [-0.39, 0.29) is 11.8 Å². The molecule has 0 N–H and O–H groups in total. The van der Waals surface area contributed by atoms with Crippen molar-refractivity contribution in [3.8, 4) is 0 Å². The summed E-state index contributed by atoms with van der Waals surface area (Å²) in [6.45, 7) is 4.08. The molecule has 0 bridgehead atoms. The van der Waals surface area contributed by atoms with Crippen molar-refractivity contribution in [2.45, 2.75) is 30.4 Å². The van der Waals surface area contributed by atoms with Crippen LogP contribution in [0.5, 0.6) is 0 Å². The second-order valence-corrected chi connectivity index (χ2v) is 13.4. The largest absolute Gasteiger partial charge is 0.309 e. The van der Waals surface area contributed by atoms with E-state index in [2.05, 4.69) is 4.90 Å². The van der Waals surface area contributed by atoms with Gasteiger partial charge in [0.15, 0.2) is 5.13 Å². The van der Waals surface area contributed by atoms with Crippen LogP contribution in [0.4, 0.5) is 5.13 Å². The Balaban J connectivity index is 1.53. The maximum absolute atomic E-state index is 13.7. The van der Waals surface area contributed by atoms with Crippen LogP contribution in [-0.4, -0.2) is 68.8 Å². The third-order valence-corrected chi connectivity index (χ3v) is 10.5. The number of halogens is 1. The first-order valence-corrected chi connectivity index (χ1v) is 14.7. The summed E-state index contributed by atoms with van der Waals surface area (Å²) in [5, 5.41) is 3.10. The van der Waals surface area contributed by atoms with Gasteiger partial charge in [-0.25, -0.2) is 13.4 Å². The fraction of sp³-hybridized carbons (Fsp3) is 0.478. The SMILES string of the molecule is Cc1cc(Cl)cc2sc(N(CCCN(C)C)C(=O)C3CCN(S(=O)(=O)c4cccs4)CC3)nc12. The highest BCUT2D eigenvalue weighted by atomic mass is 35.5. The normalized spacial score (nSPS) is 15.9. The van der Waals surface area contributed by atoms with E-state index in [1.807, 2.05) is 33.2 Å². The molecule has 184 valence electrons. The van der Waals surface area contributed by atoms with E-state index >= 15 is 0 Å². The second kappa shape index (κ2) is 10.6. The molecule has 0 atom stereocenters. The van der Waals surface area contributed by atoms with E-state index < -0.39 is 10.0 Å². The van der Waals surface area contributed by atoms with Crippen LogP contribution in [0.15, 0.2) is 33.9 Å². The first kappa shape index (κ1) is 25.5. The molecule has 0 saturated carbocycles. The highest BCUT2D eigenvalue weighted by Crippen LogP contribution is 2.35. The van der Waals surface area contributed by atoms with Gasteiger partial charge in [0.2, 0.25) is 5.91 Å². The lowest BCUT2D eigenvalue weighted by molar-refractivity contribution is -0.123. The molecular formula is C23H29ClN4O3S3. The van der Waals surface area contributed by atoms with Gasteiger partial charge in [0.05, 0.1) is 10.2 Å². The first-order chi connectivity index (χ1) is 16.2. The number of amides is 1. The molecule has 1 aliphatic heterocycles. The van der Waals surface area contributed by atoms with E-state index in [0.717, 1.165) is 28.7 Å². The lowest BCUT2D eigenvalue weighted by Gasteiger charge is -2.32. The predicted octanol–water partition coefficient (Wildman–Crippen LogP) is 4.71. The van der Waals surface area contributed by atoms with Gasteiger partial charge in [0.25, 0.3) is 10.0 Å². The number of thiazole rings is 1. The number of rotatable bonds is 8. The molecule has 3 aromatic rings. The molecule has 0 spiro atoms. The molecule has 1 saturated heterocycles. The molecule has 0 radical (unpaired) electrons. The van der Waals surface area contributed by atoms with Crippen molar-refractivity contribution in [2.75, 3.05) is 45.2 Å². The second-order valence-electron chi connectivity index (χ2n) is 8.82. The monoisotopic (exact) mass is 540 g/mol. The fourth-order valence-electron chi connectivity index (χ4n) is 4.20. The molecule has 1 aliphatic rings. The predicted molar refractivity (Wildman–Crippen MR) is 141 cm³/mol. The Hall–Kier alpha value is -1.56. The zero-order valence-corrected chi connectivity index (χ0v) is 22.7. The molecule has 34 heavy (non-hydrogen) atoms. The molecule has 1 aromatic carbocycles. The number of anilines is 1. The lowest BCUT2D eigenvalue weighted by Crippen LogP contribution is -2.45. The van der Waals surface area contributed by atoms with Gasteiger partial charge in [-0.1, -0.05) is 29.0 Å². The molecule has 1 amide bonds. The summed E-state index contributed by atoms with van der Waals surface area (Å²) in [6, 6.07) is 7.15. The summed E-state index contributed by atoms with van der Waals surface area (Å²) in [5.41, 5.74) is 1.85. The van der Waals surface area contributed by atoms with Gasteiger partial charge in [0.1, 0.15) is 4.21 Å². The van der Waals surface area contributed by atoms with E-state index in [9.17, 15) is 13.2 Å². The van der Waals surface area contributed by atoms with Crippen LogP contribution in [0.2, 0.25) is 5.02 Å². The van der Waals surface area contributed by atoms with Crippen molar-refractivity contribution < 1.29 is 13.2 Å². The van der Waals surface area contributed by atoms with Crippen LogP contribution in [0.1, 0.15) is 24.8 Å². The Morgan fingerprint density at radius 3 is 2.62 bits per heavy atom. The van der Waals surface area contributed by atoms with Crippen molar-refractivity contribution >= 4 is 65.6 Å². The maximum atomic E-state index is 13.7. The Kier molecular flexibility index (Phi) is 7.95. The Labute approximate surface area is 214 Å². The number of carbonyl (C=O) groups is 1. The summed E-state index contributed by atoms with van der Waals surface area (Å²) in [5.74, 6) is -0.208. The quantitative estimate of drug-likeness (QED) is 0.414. The van der Waals surface area contributed by atoms with Crippen molar-refractivity contribution in [2.24, 2.45) is 5.92 Å². The minimum atomic E-state index is -3.49. The number of carbonyl (C=O) groups excluding carboxylic acids is 1. The van der Waals surface area contributed by atoms with Crippen molar-refractivity contribution in [1.29, 1.82) is 0 Å². The molecule has 11 heteroatoms. The van der Waals surface area contributed by atoms with Gasteiger partial charge in [-0.3, -0.25) is 9.69 Å². The molecule has 3 heterocycles. The number of thiophene rings is 1. The van der Waals surface area contributed by atoms with E-state index in [1.54, 1.807) is 22.4 Å². The smallest absolute Gasteiger partial charge is 0.252 e. The Morgan fingerprint density at radius 2 is 1.97 bits per heavy atom. The summed E-state index contributed by atoms with van der Waals surface area (Å²) >= 11 is 8.94. The first-order valence-electron chi connectivity index (χ1n) is 11.2. The van der Waals surface area contributed by atoms with Gasteiger partial charge in [0, 0.05) is 30.6 Å².